The highest BCUT2D eigenvalue weighted by molar-refractivity contribution is 7.22. The fourth-order valence-corrected chi connectivity index (χ4v) is 43.0. The van der Waals surface area contributed by atoms with Crippen molar-refractivity contribution < 1.29 is 0 Å². The van der Waals surface area contributed by atoms with Crippen molar-refractivity contribution in [1.82, 2.24) is 0 Å². The van der Waals surface area contributed by atoms with Crippen molar-refractivity contribution in [1.29, 1.82) is 0 Å². The predicted octanol–water partition coefficient (Wildman–Crippen LogP) is 23.8. The van der Waals surface area contributed by atoms with Crippen LogP contribution in [0.4, 0.5) is 0 Å². The minimum atomic E-state index is -2.86. The molecule has 0 saturated heterocycles. The second kappa shape index (κ2) is 37.7. The second-order valence-corrected chi connectivity index (χ2v) is 53.3. The van der Waals surface area contributed by atoms with Crippen molar-refractivity contribution in [3.8, 4) is 44.5 Å². The molecule has 0 bridgehead atoms. The van der Waals surface area contributed by atoms with E-state index in [0.29, 0.717) is 0 Å². The zero-order chi connectivity index (χ0) is 94.0. The summed E-state index contributed by atoms with van der Waals surface area (Å²) < 4.78 is 0. The van der Waals surface area contributed by atoms with Crippen LogP contribution in [0.5, 0.6) is 0 Å². The smallest absolute Gasteiger partial charge is 0.0623 e. The Bertz CT molecular complexity index is 7840. The van der Waals surface area contributed by atoms with E-state index < -0.39 is 32.3 Å². The number of benzene rings is 24. The summed E-state index contributed by atoms with van der Waals surface area (Å²) in [6, 6.07) is 217. The molecule has 664 valence electrons. The Balaban J connectivity index is 0.000000157. The van der Waals surface area contributed by atoms with Crippen LogP contribution in [-0.4, -0.2) is 32.3 Å². The van der Waals surface area contributed by atoms with Crippen LogP contribution in [0.15, 0.2) is 576 Å². The van der Waals surface area contributed by atoms with Crippen LogP contribution in [0, 0.1) is 0 Å². The third kappa shape index (κ3) is 15.0. The predicted molar refractivity (Wildman–Crippen MR) is 613 cm³/mol. The molecule has 0 fully saturated rings. The SMILES string of the molecule is CC(C)(C)c1ccc2c(-c3ccc([Si](c4ccccc4)(c4ccccc4)c4ccccc4)cc3)c3ccccc3c(-c3ccc([Si](c4ccccc4)(c4ccccc4)c4ccccc4)cc3)c2c1.c1ccc([Si](c2ccccc2)(c2ccccc2)c2ccc(-c3c4ccccc4c(-c4ccc([Si](c5ccccc5)(c5ccccc5)c5ccccc5)c5ccccc45)c4ccccc34)c3ccccc23)cc1. The minimum Gasteiger partial charge on any atom is -0.0623 e. The van der Waals surface area contributed by atoms with E-state index in [9.17, 15) is 0 Å². The molecule has 0 unspecified atom stereocenters. The molecule has 0 saturated carbocycles. The fraction of sp³-hybridized carbons (Fsp3) is 0.0294. The molecule has 140 heavy (non-hydrogen) atoms. The van der Waals surface area contributed by atoms with Crippen molar-refractivity contribution in [3.63, 3.8) is 0 Å². The summed E-state index contributed by atoms with van der Waals surface area (Å²) in [5, 5.41) is 37.2. The minimum absolute atomic E-state index is 0.0324. The van der Waals surface area contributed by atoms with Crippen LogP contribution in [0.1, 0.15) is 26.3 Å². The summed E-state index contributed by atoms with van der Waals surface area (Å²) >= 11 is 0. The molecule has 0 amide bonds. The van der Waals surface area contributed by atoms with Gasteiger partial charge in [0.1, 0.15) is 0 Å². The summed E-state index contributed by atoms with van der Waals surface area (Å²) in [5.41, 5.74) is 11.3. The first-order valence-electron chi connectivity index (χ1n) is 49.0. The third-order valence-corrected chi connectivity index (χ3v) is 49.0. The van der Waals surface area contributed by atoms with Crippen LogP contribution in [0.2, 0.25) is 0 Å². The van der Waals surface area contributed by atoms with E-state index in [1.807, 2.05) is 0 Å². The second-order valence-electron chi connectivity index (χ2n) is 38.1. The van der Waals surface area contributed by atoms with Gasteiger partial charge in [0.15, 0.2) is 32.3 Å². The summed E-state index contributed by atoms with van der Waals surface area (Å²) in [6.45, 7) is 6.98. The van der Waals surface area contributed by atoms with E-state index in [-0.39, 0.29) is 5.41 Å². The highest BCUT2D eigenvalue weighted by Gasteiger charge is 2.47. The number of hydrogen-bond acceptors (Lipinski definition) is 0. The maximum absolute atomic E-state index is 2.86. The van der Waals surface area contributed by atoms with Gasteiger partial charge in [0, 0.05) is 0 Å². The van der Waals surface area contributed by atoms with Gasteiger partial charge in [0.05, 0.1) is 0 Å². The summed E-state index contributed by atoms with van der Waals surface area (Å²) in [6.07, 6.45) is 0. The first-order valence-corrected chi connectivity index (χ1v) is 57.0. The monoisotopic (exact) mass is 1850 g/mol. The van der Waals surface area contributed by atoms with Gasteiger partial charge in [-0.3, -0.25) is 0 Å². The average Bonchev–Trinajstić information content (AvgIpc) is 0.705. The van der Waals surface area contributed by atoms with Crippen molar-refractivity contribution >= 4 is 180 Å². The molecule has 0 heterocycles. The van der Waals surface area contributed by atoms with Gasteiger partial charge in [-0.05, 0) is 209 Å². The first-order chi connectivity index (χ1) is 69.2. The Morgan fingerprint density at radius 3 is 0.536 bits per heavy atom. The Hall–Kier alpha value is -16.3. The highest BCUT2D eigenvalue weighted by atomic mass is 28.3. The van der Waals surface area contributed by atoms with Crippen molar-refractivity contribution in [2.75, 3.05) is 0 Å². The molecule has 24 rings (SSSR count). The molecule has 0 radical (unpaired) electrons. The molecule has 4 heteroatoms. The van der Waals surface area contributed by atoms with Gasteiger partial charge < -0.3 is 0 Å². The average molecular weight is 1850 g/mol. The summed E-state index contributed by atoms with van der Waals surface area (Å²) in [5.74, 6) is 0. The van der Waals surface area contributed by atoms with E-state index in [0.717, 1.165) is 0 Å². The maximum Gasteiger partial charge on any atom is 0.180 e. The van der Waals surface area contributed by atoms with E-state index in [4.69, 9.17) is 0 Å². The topological polar surface area (TPSA) is 0 Å². The van der Waals surface area contributed by atoms with Gasteiger partial charge in [-0.1, -0.05) is 591 Å². The van der Waals surface area contributed by atoms with Gasteiger partial charge in [-0.2, -0.15) is 0 Å². The summed E-state index contributed by atoms with van der Waals surface area (Å²) in [4.78, 5) is 0. The molecular weight excluding hydrogens is 1750 g/mol. The molecule has 24 aromatic carbocycles. The lowest BCUT2D eigenvalue weighted by atomic mass is 9.81. The van der Waals surface area contributed by atoms with Gasteiger partial charge in [0.25, 0.3) is 0 Å². The molecule has 0 spiro atoms. The Morgan fingerprint density at radius 2 is 0.307 bits per heavy atom. The van der Waals surface area contributed by atoms with Crippen molar-refractivity contribution in [2.24, 2.45) is 0 Å². The molecule has 0 aliphatic rings. The molecule has 0 aliphatic heterocycles. The standard InChI is InChI=1S/C70H50Si2.C66H54Si2/c1-7-27-51(28-8-1)71(52-29-9-2-10-30-52,53-31-11-3-12-32-53)67-49-47-65(57-39-19-21-41-59(57)67)69-61-43-23-25-45-63(61)70(64-46-26-24-44-62(64)69)66-48-50-68(60-42-22-20-40-58(60)66)72(54-33-13-4-14-34-54,55-35-15-5-16-36-55)56-37-17-6-18-38-56;1-66(2,3)51-42-47-62-63(48-51)65(50-40-45-59(46-41-50)68(55-30-16-7-17-31-55,56-32-18-8-19-33-56)57-34-20-9-21-35-57)61-37-23-22-36-60(61)64(62)49-38-43-58(44-39-49)67(52-24-10-4-11-25-52,53-26-12-5-13-27-53)54-28-14-6-15-29-54/h1-50H;4-48H,1-3H3. The lowest BCUT2D eigenvalue weighted by molar-refractivity contribution is 0.591. The fourth-order valence-electron chi connectivity index (χ4n) is 23.6. The molecule has 0 atom stereocenters. The van der Waals surface area contributed by atoms with E-state index in [1.165, 1.54) is 198 Å². The Kier molecular flexibility index (Phi) is 23.6. The zero-order valence-electron chi connectivity index (χ0n) is 78.8. The molecular formula is C136H104Si4. The third-order valence-electron chi connectivity index (χ3n) is 29.7. The first kappa shape index (κ1) is 87.7. The zero-order valence-corrected chi connectivity index (χ0v) is 82.8. The van der Waals surface area contributed by atoms with E-state index >= 15 is 0 Å². The number of rotatable bonds is 20. The molecule has 0 aliphatic carbocycles. The normalized spacial score (nSPS) is 12.0. The van der Waals surface area contributed by atoms with Crippen LogP contribution in [0.25, 0.3) is 109 Å². The number of fused-ring (bicyclic) bond motifs is 6. The Morgan fingerprint density at radius 1 is 0.129 bits per heavy atom. The van der Waals surface area contributed by atoms with Crippen LogP contribution >= 0.6 is 0 Å². The van der Waals surface area contributed by atoms with Gasteiger partial charge >= 0.3 is 0 Å². The van der Waals surface area contributed by atoms with E-state index in [1.54, 1.807) is 0 Å². The lowest BCUT2D eigenvalue weighted by Crippen LogP contribution is -2.74. The summed E-state index contributed by atoms with van der Waals surface area (Å²) in [7, 11) is -11.1. The Labute approximate surface area is 825 Å². The van der Waals surface area contributed by atoms with Crippen LogP contribution < -0.4 is 83.0 Å². The maximum atomic E-state index is 2.49. The molecule has 0 aromatic heterocycles. The van der Waals surface area contributed by atoms with Gasteiger partial charge in [0.2, 0.25) is 0 Å². The molecule has 0 nitrogen and oxygen atoms in total. The van der Waals surface area contributed by atoms with Crippen molar-refractivity contribution in [2.45, 2.75) is 26.2 Å². The van der Waals surface area contributed by atoms with Crippen LogP contribution in [-0.2, 0) is 5.41 Å². The largest absolute Gasteiger partial charge is 0.180 e. The lowest BCUT2D eigenvalue weighted by Gasteiger charge is -2.36. The highest BCUT2D eigenvalue weighted by Crippen LogP contribution is 2.49. The van der Waals surface area contributed by atoms with Crippen LogP contribution in [0.3, 0.4) is 0 Å². The van der Waals surface area contributed by atoms with Gasteiger partial charge in [-0.25, -0.2) is 0 Å². The van der Waals surface area contributed by atoms with Gasteiger partial charge in [-0.15, -0.1) is 0 Å². The molecule has 0 N–H and O–H groups in total. The number of hydrogen-bond donors (Lipinski definition) is 0. The van der Waals surface area contributed by atoms with E-state index in [2.05, 4.69) is 597 Å². The quantitative estimate of drug-likeness (QED) is 0.0405. The molecule has 24 aromatic rings. The van der Waals surface area contributed by atoms with Crippen molar-refractivity contribution in [3.05, 3.63) is 582 Å².